The number of rotatable bonds is 3. The van der Waals surface area contributed by atoms with Crippen LogP contribution in [-0.2, 0) is 0 Å². The lowest BCUT2D eigenvalue weighted by atomic mass is 9.99. The number of carboxylic acids is 1. The van der Waals surface area contributed by atoms with Gasteiger partial charge >= 0.3 is 5.97 Å². The third-order valence-electron chi connectivity index (χ3n) is 4.18. The zero-order valence-electron chi connectivity index (χ0n) is 13.6. The van der Waals surface area contributed by atoms with Crippen LogP contribution in [0.15, 0.2) is 72.9 Å². The van der Waals surface area contributed by atoms with Crippen LogP contribution in [0.4, 0.5) is 0 Å². The summed E-state index contributed by atoms with van der Waals surface area (Å²) in [5.74, 6) is -1.55. The van der Waals surface area contributed by atoms with Gasteiger partial charge in [0.15, 0.2) is 0 Å². The average Bonchev–Trinajstić information content (AvgIpc) is 2.68. The van der Waals surface area contributed by atoms with Crippen molar-refractivity contribution >= 4 is 17.0 Å². The number of carbonyl (C=O) groups is 1. The van der Waals surface area contributed by atoms with Gasteiger partial charge in [0, 0.05) is 11.1 Å². The zero-order chi connectivity index (χ0) is 18.1. The van der Waals surface area contributed by atoms with E-state index in [4.69, 9.17) is 0 Å². The van der Waals surface area contributed by atoms with Gasteiger partial charge in [-0.1, -0.05) is 60.7 Å². The molecule has 5 nitrogen and oxygen atoms in total. The molecule has 0 aliphatic carbocycles. The number of phenols is 1. The number of carboxylic acid groups (broad SMARTS) is 1. The second-order valence-corrected chi connectivity index (χ2v) is 5.81. The Balaban J connectivity index is 2.01. The Kier molecular flexibility index (Phi) is 3.82. The molecule has 0 aliphatic rings. The highest BCUT2D eigenvalue weighted by Crippen LogP contribution is 2.37. The molecule has 1 heterocycles. The second-order valence-electron chi connectivity index (χ2n) is 5.81. The van der Waals surface area contributed by atoms with Gasteiger partial charge in [-0.05, 0) is 11.6 Å². The minimum atomic E-state index is -1.24. The van der Waals surface area contributed by atoms with Crippen LogP contribution in [0.3, 0.4) is 0 Å². The molecule has 0 amide bonds. The average molecular weight is 342 g/mol. The minimum Gasteiger partial charge on any atom is -0.506 e. The highest BCUT2D eigenvalue weighted by atomic mass is 16.4. The Labute approximate surface area is 149 Å². The molecule has 1 aromatic heterocycles. The zero-order valence-corrected chi connectivity index (χ0v) is 13.6. The van der Waals surface area contributed by atoms with Crippen LogP contribution < -0.4 is 0 Å². The van der Waals surface area contributed by atoms with Crippen molar-refractivity contribution in [3.05, 3.63) is 78.5 Å². The summed E-state index contributed by atoms with van der Waals surface area (Å²) in [6.07, 6.45) is 1.52. The summed E-state index contributed by atoms with van der Waals surface area (Å²) in [6, 6.07) is 20.3. The number of aromatic carboxylic acids is 1. The fraction of sp³-hybridized carbons (Fsp3) is 0. The van der Waals surface area contributed by atoms with E-state index in [0.29, 0.717) is 22.3 Å². The van der Waals surface area contributed by atoms with Crippen LogP contribution in [0.25, 0.3) is 33.4 Å². The molecule has 26 heavy (non-hydrogen) atoms. The summed E-state index contributed by atoms with van der Waals surface area (Å²) in [5, 5.41) is 20.1. The number of fused-ring (bicyclic) bond motifs is 1. The van der Waals surface area contributed by atoms with E-state index in [2.05, 4.69) is 9.97 Å². The summed E-state index contributed by atoms with van der Waals surface area (Å²) in [5.41, 5.74) is 2.98. The Morgan fingerprint density at radius 2 is 1.50 bits per heavy atom. The Morgan fingerprint density at radius 1 is 0.885 bits per heavy atom. The highest BCUT2D eigenvalue weighted by molar-refractivity contribution is 6.06. The first-order valence-electron chi connectivity index (χ1n) is 8.02. The molecule has 2 N–H and O–H groups in total. The summed E-state index contributed by atoms with van der Waals surface area (Å²) in [6.45, 7) is 0. The first-order valence-corrected chi connectivity index (χ1v) is 8.02. The molecule has 4 aromatic rings. The third-order valence-corrected chi connectivity index (χ3v) is 4.18. The molecule has 4 rings (SSSR count). The van der Waals surface area contributed by atoms with Crippen LogP contribution in [0.5, 0.6) is 5.75 Å². The molecule has 0 aliphatic heterocycles. The van der Waals surface area contributed by atoms with E-state index in [1.807, 2.05) is 48.5 Å². The molecular weight excluding hydrogens is 328 g/mol. The predicted octanol–water partition coefficient (Wildman–Crippen LogP) is 4.37. The molecule has 0 saturated carbocycles. The lowest BCUT2D eigenvalue weighted by Gasteiger charge is -2.11. The van der Waals surface area contributed by atoms with E-state index in [1.165, 1.54) is 6.20 Å². The standard InChI is InChI=1S/C21H14N2O3/c24-20-15(13-7-3-1-4-8-13)11-16-19(18(20)21(25)26)22-12-17(23-16)14-9-5-2-6-10-14/h1-12,24H,(H,25,26). The number of nitrogens with zero attached hydrogens (tertiary/aromatic N) is 2. The van der Waals surface area contributed by atoms with Crippen molar-refractivity contribution in [1.29, 1.82) is 0 Å². The molecule has 0 saturated heterocycles. The lowest BCUT2D eigenvalue weighted by Crippen LogP contribution is -2.02. The van der Waals surface area contributed by atoms with Gasteiger partial charge in [0.05, 0.1) is 17.4 Å². The highest BCUT2D eigenvalue weighted by Gasteiger charge is 2.21. The molecule has 3 aromatic carbocycles. The van der Waals surface area contributed by atoms with E-state index >= 15 is 0 Å². The maximum atomic E-state index is 11.7. The van der Waals surface area contributed by atoms with Crippen molar-refractivity contribution in [2.45, 2.75) is 0 Å². The van der Waals surface area contributed by atoms with Gasteiger partial charge in [-0.25, -0.2) is 9.78 Å². The SMILES string of the molecule is O=C(O)c1c(O)c(-c2ccccc2)cc2nc(-c3ccccc3)cnc12. The van der Waals surface area contributed by atoms with Gasteiger partial charge in [-0.2, -0.15) is 0 Å². The first kappa shape index (κ1) is 15.8. The monoisotopic (exact) mass is 342 g/mol. The Bertz CT molecular complexity index is 1110. The van der Waals surface area contributed by atoms with Crippen LogP contribution in [-0.4, -0.2) is 26.2 Å². The molecule has 126 valence electrons. The number of hydrogen-bond acceptors (Lipinski definition) is 4. The molecule has 0 fully saturated rings. The molecular formula is C21H14N2O3. The van der Waals surface area contributed by atoms with E-state index in [0.717, 1.165) is 5.56 Å². The number of aromatic nitrogens is 2. The Hall–Kier alpha value is -3.73. The third kappa shape index (κ3) is 2.65. The van der Waals surface area contributed by atoms with E-state index in [9.17, 15) is 15.0 Å². The number of benzene rings is 3. The summed E-state index contributed by atoms with van der Waals surface area (Å²) in [4.78, 5) is 20.6. The van der Waals surface area contributed by atoms with Crippen molar-refractivity contribution in [2.24, 2.45) is 0 Å². The fourth-order valence-corrected chi connectivity index (χ4v) is 2.94. The molecule has 0 unspecified atom stereocenters. The van der Waals surface area contributed by atoms with Crippen LogP contribution >= 0.6 is 0 Å². The molecule has 0 bridgehead atoms. The van der Waals surface area contributed by atoms with Crippen molar-refractivity contribution in [3.8, 4) is 28.1 Å². The van der Waals surface area contributed by atoms with E-state index < -0.39 is 5.97 Å². The van der Waals surface area contributed by atoms with Crippen LogP contribution in [0, 0.1) is 0 Å². The van der Waals surface area contributed by atoms with Gasteiger partial charge in [0.25, 0.3) is 0 Å². The van der Waals surface area contributed by atoms with Crippen molar-refractivity contribution in [2.75, 3.05) is 0 Å². The van der Waals surface area contributed by atoms with Gasteiger partial charge < -0.3 is 10.2 Å². The quantitative estimate of drug-likeness (QED) is 0.578. The van der Waals surface area contributed by atoms with Gasteiger partial charge in [-0.3, -0.25) is 4.98 Å². The molecule has 5 heteroatoms. The lowest BCUT2D eigenvalue weighted by molar-refractivity contribution is 0.0696. The summed E-state index contributed by atoms with van der Waals surface area (Å²) in [7, 11) is 0. The first-order chi connectivity index (χ1) is 12.6. The van der Waals surface area contributed by atoms with Gasteiger partial charge in [0.1, 0.15) is 16.8 Å². The van der Waals surface area contributed by atoms with Crippen LogP contribution in [0.2, 0.25) is 0 Å². The maximum Gasteiger partial charge on any atom is 0.341 e. The van der Waals surface area contributed by atoms with Gasteiger partial charge in [0.2, 0.25) is 0 Å². The van der Waals surface area contributed by atoms with Crippen molar-refractivity contribution in [3.63, 3.8) is 0 Å². The van der Waals surface area contributed by atoms with E-state index in [-0.39, 0.29) is 16.8 Å². The van der Waals surface area contributed by atoms with Crippen LogP contribution in [0.1, 0.15) is 10.4 Å². The minimum absolute atomic E-state index is 0.161. The van der Waals surface area contributed by atoms with Gasteiger partial charge in [-0.15, -0.1) is 0 Å². The Morgan fingerprint density at radius 3 is 2.12 bits per heavy atom. The molecule has 0 spiro atoms. The maximum absolute atomic E-state index is 11.7. The summed E-state index contributed by atoms with van der Waals surface area (Å²) < 4.78 is 0. The number of hydrogen-bond donors (Lipinski definition) is 2. The largest absolute Gasteiger partial charge is 0.506 e. The normalized spacial score (nSPS) is 10.8. The summed E-state index contributed by atoms with van der Waals surface area (Å²) >= 11 is 0. The smallest absolute Gasteiger partial charge is 0.341 e. The van der Waals surface area contributed by atoms with Crippen molar-refractivity contribution in [1.82, 2.24) is 9.97 Å². The molecule has 0 atom stereocenters. The van der Waals surface area contributed by atoms with Crippen molar-refractivity contribution < 1.29 is 15.0 Å². The number of aromatic hydroxyl groups is 1. The molecule has 0 radical (unpaired) electrons. The fourth-order valence-electron chi connectivity index (χ4n) is 2.94. The van der Waals surface area contributed by atoms with E-state index in [1.54, 1.807) is 18.2 Å². The topological polar surface area (TPSA) is 83.3 Å². The second kappa shape index (κ2) is 6.29. The predicted molar refractivity (Wildman–Crippen MR) is 99.0 cm³/mol.